The average Bonchev–Trinajstić information content (AvgIpc) is 0. The van der Waals surface area contributed by atoms with Crippen LogP contribution in [0.4, 0.5) is 0 Å². The van der Waals surface area contributed by atoms with Crippen molar-refractivity contribution in [2.24, 2.45) is 0 Å². The molecule has 6 heteroatoms. The van der Waals surface area contributed by atoms with Crippen molar-refractivity contribution in [2.45, 2.75) is 0 Å². The quantitative estimate of drug-likeness (QED) is 0.273. The molecule has 0 heterocycles. The van der Waals surface area contributed by atoms with Gasteiger partial charge < -0.3 is 12.4 Å². The van der Waals surface area contributed by atoms with Gasteiger partial charge in [-0.1, -0.05) is 0 Å². The van der Waals surface area contributed by atoms with E-state index in [-0.39, 0.29) is 89.1 Å². The van der Waals surface area contributed by atoms with Gasteiger partial charge in [0.25, 0.3) is 0 Å². The van der Waals surface area contributed by atoms with E-state index in [4.69, 9.17) is 0 Å². The van der Waals surface area contributed by atoms with E-state index >= 15 is 0 Å². The Hall–Kier alpha value is 2.59. The molecular formula is H6Cl4NaP. The summed E-state index contributed by atoms with van der Waals surface area (Å²) in [6, 6.07) is 0. The van der Waals surface area contributed by atoms with E-state index in [0.717, 1.165) is 0 Å². The van der Waals surface area contributed by atoms with Crippen LogP contribution in [0.3, 0.4) is 0 Å². The molecular weight excluding hydrogens is 196 g/mol. The molecule has 0 rings (SSSR count). The molecule has 1 atom stereocenters. The normalized spacial score (nSPS) is 0. The first-order valence-electron chi connectivity index (χ1n) is 0. The third-order valence-corrected chi connectivity index (χ3v) is 0. The maximum atomic E-state index is 0. The Bertz CT molecular complexity index is 7.51. The zero-order chi connectivity index (χ0) is 0. The standard InChI is InChI=1S/4ClH.Na.H3P/h4*1H;;1H3/q;;;;+1;/p-1. The van der Waals surface area contributed by atoms with Gasteiger partial charge in [-0.05, 0) is 0 Å². The first-order chi connectivity index (χ1) is 0. The molecule has 0 aromatic carbocycles. The Morgan fingerprint density at radius 1 is 0.667 bits per heavy atom. The number of halogens is 4. The molecule has 0 N–H and O–H groups in total. The SMILES string of the molecule is Cl.Cl.Cl.P.[Cl-].[Na+]. The molecule has 0 spiro atoms. The van der Waals surface area contributed by atoms with E-state index < -0.39 is 0 Å². The molecule has 6 heavy (non-hydrogen) atoms. The molecule has 0 aliphatic heterocycles. The molecule has 0 aromatic rings. The summed E-state index contributed by atoms with van der Waals surface area (Å²) in [4.78, 5) is 0. The van der Waals surface area contributed by atoms with E-state index in [1.807, 2.05) is 0 Å². The number of hydrogen-bond acceptors (Lipinski definition) is 0. The van der Waals surface area contributed by atoms with Gasteiger partial charge >= 0.3 is 29.6 Å². The van der Waals surface area contributed by atoms with E-state index in [0.29, 0.717) is 0 Å². The van der Waals surface area contributed by atoms with Crippen molar-refractivity contribution in [1.29, 1.82) is 0 Å². The van der Waals surface area contributed by atoms with Gasteiger partial charge in [-0.15, -0.1) is 37.2 Å². The van der Waals surface area contributed by atoms with Crippen molar-refractivity contribution in [2.75, 3.05) is 0 Å². The van der Waals surface area contributed by atoms with Crippen LogP contribution in [0, 0.1) is 0 Å². The van der Waals surface area contributed by atoms with Crippen LogP contribution in [0.2, 0.25) is 0 Å². The Kier molecular flexibility index (Phi) is 604. The third-order valence-electron chi connectivity index (χ3n) is 0. The summed E-state index contributed by atoms with van der Waals surface area (Å²) in [6.07, 6.45) is 0. The molecule has 0 aliphatic rings. The fourth-order valence-electron chi connectivity index (χ4n) is 0. The van der Waals surface area contributed by atoms with Crippen molar-refractivity contribution < 1.29 is 42.0 Å². The van der Waals surface area contributed by atoms with Gasteiger partial charge in [0.1, 0.15) is 0 Å². The molecule has 40 valence electrons. The van der Waals surface area contributed by atoms with E-state index in [1.54, 1.807) is 0 Å². The summed E-state index contributed by atoms with van der Waals surface area (Å²) in [5, 5.41) is 0. The minimum absolute atomic E-state index is 0. The fourth-order valence-corrected chi connectivity index (χ4v) is 0. The van der Waals surface area contributed by atoms with Crippen molar-refractivity contribution in [1.82, 2.24) is 0 Å². The van der Waals surface area contributed by atoms with Gasteiger partial charge in [0.15, 0.2) is 0 Å². The molecule has 0 nitrogen and oxygen atoms in total. The third kappa shape index (κ3) is 30.7. The Morgan fingerprint density at radius 2 is 0.667 bits per heavy atom. The van der Waals surface area contributed by atoms with Crippen LogP contribution in [0.1, 0.15) is 0 Å². The Labute approximate surface area is 88.1 Å². The topological polar surface area (TPSA) is 0 Å². The molecule has 0 aromatic heterocycles. The summed E-state index contributed by atoms with van der Waals surface area (Å²) in [5.74, 6) is 0. The molecule has 0 fully saturated rings. The monoisotopic (exact) mass is 200 g/mol. The van der Waals surface area contributed by atoms with Crippen LogP contribution in [0.15, 0.2) is 0 Å². The minimum atomic E-state index is 0. The van der Waals surface area contributed by atoms with Crippen LogP contribution in [-0.2, 0) is 0 Å². The summed E-state index contributed by atoms with van der Waals surface area (Å²) >= 11 is 0. The smallest absolute Gasteiger partial charge is 1.00 e. The van der Waals surface area contributed by atoms with Gasteiger partial charge in [0, 0.05) is 0 Å². The summed E-state index contributed by atoms with van der Waals surface area (Å²) in [7, 11) is 0. The van der Waals surface area contributed by atoms with Crippen LogP contribution < -0.4 is 42.0 Å². The second kappa shape index (κ2) is 49.1. The van der Waals surface area contributed by atoms with E-state index in [9.17, 15) is 0 Å². The Morgan fingerprint density at radius 3 is 0.667 bits per heavy atom. The first-order valence-corrected chi connectivity index (χ1v) is 0. The molecule has 0 radical (unpaired) electrons. The van der Waals surface area contributed by atoms with Crippen molar-refractivity contribution >= 4 is 47.1 Å². The van der Waals surface area contributed by atoms with Crippen LogP contribution in [-0.4, -0.2) is 0 Å². The molecule has 1 unspecified atom stereocenters. The first kappa shape index (κ1) is 73.8. The molecule has 0 saturated carbocycles. The van der Waals surface area contributed by atoms with Gasteiger partial charge in [-0.25, -0.2) is 0 Å². The molecule has 0 saturated heterocycles. The van der Waals surface area contributed by atoms with Crippen LogP contribution in [0.5, 0.6) is 0 Å². The van der Waals surface area contributed by atoms with Crippen LogP contribution in [0.25, 0.3) is 0 Å². The number of rotatable bonds is 0. The Balaban J connectivity index is 0. The maximum Gasteiger partial charge on any atom is 1.00 e. The second-order valence-electron chi connectivity index (χ2n) is 0. The van der Waals surface area contributed by atoms with Crippen molar-refractivity contribution in [3.8, 4) is 0 Å². The van der Waals surface area contributed by atoms with E-state index in [2.05, 4.69) is 0 Å². The predicted molar refractivity (Wildman–Crippen MR) is 32.8 cm³/mol. The van der Waals surface area contributed by atoms with Gasteiger partial charge in [-0.3, -0.25) is 0 Å². The zero-order valence-electron chi connectivity index (χ0n) is 3.31. The molecule has 0 aliphatic carbocycles. The maximum absolute atomic E-state index is 0. The summed E-state index contributed by atoms with van der Waals surface area (Å²) in [6.45, 7) is 0. The summed E-state index contributed by atoms with van der Waals surface area (Å²) in [5.41, 5.74) is 0. The van der Waals surface area contributed by atoms with Crippen molar-refractivity contribution in [3.63, 3.8) is 0 Å². The predicted octanol–water partition coefficient (Wildman–Crippen LogP) is -4.67. The number of hydrogen-bond donors (Lipinski definition) is 0. The molecule has 0 bridgehead atoms. The van der Waals surface area contributed by atoms with Crippen LogP contribution >= 0.6 is 47.1 Å². The molecule has 0 amide bonds. The second-order valence-corrected chi connectivity index (χ2v) is 0. The van der Waals surface area contributed by atoms with Gasteiger partial charge in [0.2, 0.25) is 0 Å². The minimum Gasteiger partial charge on any atom is -1.00 e. The zero-order valence-corrected chi connectivity index (χ0v) is 9.93. The fraction of sp³-hybridized carbons (Fsp3) is 0. The van der Waals surface area contributed by atoms with Gasteiger partial charge in [-0.2, -0.15) is 9.90 Å². The van der Waals surface area contributed by atoms with E-state index in [1.165, 1.54) is 0 Å². The van der Waals surface area contributed by atoms with Crippen molar-refractivity contribution in [3.05, 3.63) is 0 Å². The largest absolute Gasteiger partial charge is 1.00 e. The summed E-state index contributed by atoms with van der Waals surface area (Å²) < 4.78 is 0. The van der Waals surface area contributed by atoms with Gasteiger partial charge in [0.05, 0.1) is 0 Å². The average molecular weight is 202 g/mol.